The molecule has 3 heteroatoms. The molecule has 2 aromatic rings. The highest BCUT2D eigenvalue weighted by Gasteiger charge is 2.05. The van der Waals surface area contributed by atoms with Crippen molar-refractivity contribution in [1.29, 1.82) is 0 Å². The van der Waals surface area contributed by atoms with Gasteiger partial charge in [0.1, 0.15) is 0 Å². The van der Waals surface area contributed by atoms with Gasteiger partial charge < -0.3 is 0 Å². The van der Waals surface area contributed by atoms with E-state index in [4.69, 9.17) is 0 Å². The van der Waals surface area contributed by atoms with E-state index in [9.17, 15) is 0 Å². The van der Waals surface area contributed by atoms with Gasteiger partial charge in [-0.1, -0.05) is 139 Å². The zero-order valence-electron chi connectivity index (χ0n) is 18.8. The number of aromatic nitrogens is 3. The summed E-state index contributed by atoms with van der Waals surface area (Å²) in [6.45, 7) is 3.27. The van der Waals surface area contributed by atoms with Crippen molar-refractivity contribution in [3.8, 4) is 11.3 Å². The molecule has 0 N–H and O–H groups in total. The molecule has 0 saturated heterocycles. The molecule has 0 radical (unpaired) electrons. The molecule has 0 saturated carbocycles. The fourth-order valence-corrected chi connectivity index (χ4v) is 4.06. The van der Waals surface area contributed by atoms with Gasteiger partial charge >= 0.3 is 0 Å². The Morgan fingerprint density at radius 3 is 1.62 bits per heavy atom. The zero-order valence-corrected chi connectivity index (χ0v) is 18.8. The third kappa shape index (κ3) is 10.6. The van der Waals surface area contributed by atoms with Crippen LogP contribution in [0, 0.1) is 0 Å². The van der Waals surface area contributed by atoms with Crippen molar-refractivity contribution < 1.29 is 0 Å². The van der Waals surface area contributed by atoms with Gasteiger partial charge in [-0.25, -0.2) is 4.68 Å². The molecule has 1 aromatic heterocycles. The first-order valence-electron chi connectivity index (χ1n) is 12.4. The Morgan fingerprint density at radius 1 is 0.621 bits per heavy atom. The summed E-state index contributed by atoms with van der Waals surface area (Å²) >= 11 is 0. The van der Waals surface area contributed by atoms with Crippen LogP contribution in [0.5, 0.6) is 0 Å². The molecular formula is C26H43N3. The predicted molar refractivity (Wildman–Crippen MR) is 125 cm³/mol. The van der Waals surface area contributed by atoms with Crippen molar-refractivity contribution >= 4 is 0 Å². The lowest BCUT2D eigenvalue weighted by atomic mass is 10.0. The second kappa shape index (κ2) is 16.2. The van der Waals surface area contributed by atoms with Crippen LogP contribution in [-0.2, 0) is 6.54 Å². The normalized spacial score (nSPS) is 11.2. The lowest BCUT2D eigenvalue weighted by Gasteiger charge is -2.06. The minimum absolute atomic E-state index is 0.975. The molecule has 0 bridgehead atoms. The number of rotatable bonds is 18. The van der Waals surface area contributed by atoms with Crippen LogP contribution < -0.4 is 0 Å². The maximum Gasteiger partial charge on any atom is 0.0885 e. The quantitative estimate of drug-likeness (QED) is 0.237. The Kier molecular flexibility index (Phi) is 13.2. The van der Waals surface area contributed by atoms with Crippen LogP contribution in [0.4, 0.5) is 0 Å². The number of unbranched alkanes of at least 4 members (excludes halogenated alkanes) is 15. The number of nitrogens with zero attached hydrogens (tertiary/aromatic N) is 3. The van der Waals surface area contributed by atoms with Crippen molar-refractivity contribution in [2.45, 2.75) is 116 Å². The summed E-state index contributed by atoms with van der Waals surface area (Å²) in [5, 5.41) is 8.37. The molecule has 29 heavy (non-hydrogen) atoms. The molecule has 162 valence electrons. The molecule has 3 nitrogen and oxygen atoms in total. The van der Waals surface area contributed by atoms with Crippen LogP contribution in [0.2, 0.25) is 0 Å². The minimum atomic E-state index is 0.975. The fourth-order valence-electron chi connectivity index (χ4n) is 4.06. The second-order valence-electron chi connectivity index (χ2n) is 8.51. The Morgan fingerprint density at radius 2 is 1.10 bits per heavy atom. The van der Waals surface area contributed by atoms with Gasteiger partial charge in [-0.2, -0.15) is 0 Å². The lowest BCUT2D eigenvalue weighted by molar-refractivity contribution is 0.505. The van der Waals surface area contributed by atoms with Crippen LogP contribution in [0.15, 0.2) is 36.5 Å². The molecular weight excluding hydrogens is 354 g/mol. The smallest absolute Gasteiger partial charge is 0.0885 e. The summed E-state index contributed by atoms with van der Waals surface area (Å²) in [5.41, 5.74) is 2.33. The monoisotopic (exact) mass is 397 g/mol. The maximum absolute atomic E-state index is 4.27. The van der Waals surface area contributed by atoms with E-state index in [0.29, 0.717) is 0 Å². The van der Waals surface area contributed by atoms with E-state index >= 15 is 0 Å². The van der Waals surface area contributed by atoms with Crippen molar-refractivity contribution in [1.82, 2.24) is 15.0 Å². The maximum atomic E-state index is 4.27. The van der Waals surface area contributed by atoms with Gasteiger partial charge in [0, 0.05) is 12.1 Å². The Bertz CT molecular complexity index is 605. The Balaban J connectivity index is 1.38. The van der Waals surface area contributed by atoms with Gasteiger partial charge in [0.25, 0.3) is 0 Å². The van der Waals surface area contributed by atoms with Crippen LogP contribution in [0.25, 0.3) is 11.3 Å². The second-order valence-corrected chi connectivity index (χ2v) is 8.51. The molecule has 0 fully saturated rings. The largest absolute Gasteiger partial charge is 0.245 e. The highest BCUT2D eigenvalue weighted by molar-refractivity contribution is 5.57. The van der Waals surface area contributed by atoms with E-state index in [-0.39, 0.29) is 0 Å². The summed E-state index contributed by atoms with van der Waals surface area (Å²) in [6.07, 6.45) is 24.4. The van der Waals surface area contributed by atoms with E-state index < -0.39 is 0 Å². The van der Waals surface area contributed by atoms with Crippen LogP contribution >= 0.6 is 0 Å². The highest BCUT2D eigenvalue weighted by Crippen LogP contribution is 2.18. The molecule has 0 atom stereocenters. The molecule has 1 heterocycles. The SMILES string of the molecule is CCCCCCCCCCCCCCCCCCn1nncc1-c1ccccc1. The van der Waals surface area contributed by atoms with Gasteiger partial charge in [-0.05, 0) is 6.42 Å². The number of hydrogen-bond acceptors (Lipinski definition) is 2. The fraction of sp³-hybridized carbons (Fsp3) is 0.692. The molecule has 1 aromatic carbocycles. The summed E-state index contributed by atoms with van der Waals surface area (Å²) in [6, 6.07) is 10.4. The number of aryl methyl sites for hydroxylation is 1. The van der Waals surface area contributed by atoms with Crippen molar-refractivity contribution in [2.75, 3.05) is 0 Å². The average Bonchev–Trinajstić information content (AvgIpc) is 3.22. The van der Waals surface area contributed by atoms with Gasteiger partial charge in [0.05, 0.1) is 11.9 Å². The minimum Gasteiger partial charge on any atom is -0.245 e. The van der Waals surface area contributed by atoms with E-state index in [0.717, 1.165) is 12.2 Å². The van der Waals surface area contributed by atoms with Crippen molar-refractivity contribution in [3.05, 3.63) is 36.5 Å². The third-order valence-electron chi connectivity index (χ3n) is 5.91. The summed E-state index contributed by atoms with van der Waals surface area (Å²) < 4.78 is 2.05. The predicted octanol–water partition coefficient (Wildman–Crippen LogP) is 8.21. The van der Waals surface area contributed by atoms with E-state index in [1.165, 1.54) is 108 Å². The Labute approximate surface area is 179 Å². The molecule has 0 aliphatic heterocycles. The molecule has 2 rings (SSSR count). The molecule has 0 aliphatic rings. The molecule has 0 unspecified atom stereocenters. The first-order valence-corrected chi connectivity index (χ1v) is 12.4. The van der Waals surface area contributed by atoms with E-state index in [1.54, 1.807) is 0 Å². The van der Waals surface area contributed by atoms with Crippen LogP contribution in [0.3, 0.4) is 0 Å². The topological polar surface area (TPSA) is 30.7 Å². The van der Waals surface area contributed by atoms with Gasteiger partial charge in [0.2, 0.25) is 0 Å². The summed E-state index contributed by atoms with van der Waals surface area (Å²) in [5.74, 6) is 0. The third-order valence-corrected chi connectivity index (χ3v) is 5.91. The van der Waals surface area contributed by atoms with Crippen LogP contribution in [0.1, 0.15) is 110 Å². The number of benzene rings is 1. The van der Waals surface area contributed by atoms with Crippen LogP contribution in [-0.4, -0.2) is 15.0 Å². The zero-order chi connectivity index (χ0) is 20.4. The summed E-state index contributed by atoms with van der Waals surface area (Å²) in [4.78, 5) is 0. The average molecular weight is 398 g/mol. The summed E-state index contributed by atoms with van der Waals surface area (Å²) in [7, 11) is 0. The van der Waals surface area contributed by atoms with Crippen molar-refractivity contribution in [3.63, 3.8) is 0 Å². The standard InChI is InChI=1S/C26H43N3/c1-2-3-4-5-6-7-8-9-10-11-12-13-14-15-16-20-23-29-26(24-27-28-29)25-21-18-17-19-22-25/h17-19,21-22,24H,2-16,20,23H2,1H3. The molecule has 0 spiro atoms. The molecule has 0 amide bonds. The van der Waals surface area contributed by atoms with Gasteiger partial charge in [-0.3, -0.25) is 0 Å². The van der Waals surface area contributed by atoms with E-state index in [2.05, 4.69) is 46.2 Å². The number of hydrogen-bond donors (Lipinski definition) is 0. The molecule has 0 aliphatic carbocycles. The van der Waals surface area contributed by atoms with Crippen molar-refractivity contribution in [2.24, 2.45) is 0 Å². The van der Waals surface area contributed by atoms with Gasteiger partial charge in [0.15, 0.2) is 0 Å². The first kappa shape index (κ1) is 23.6. The lowest BCUT2D eigenvalue weighted by Crippen LogP contribution is -2.02. The van der Waals surface area contributed by atoms with E-state index in [1.807, 2.05) is 12.3 Å². The highest BCUT2D eigenvalue weighted by atomic mass is 15.4. The van der Waals surface area contributed by atoms with Gasteiger partial charge in [-0.15, -0.1) is 5.10 Å². The Hall–Kier alpha value is -1.64. The first-order chi connectivity index (χ1) is 14.4.